The van der Waals surface area contributed by atoms with Gasteiger partial charge in [0.15, 0.2) is 11.6 Å². The molecule has 1 unspecified atom stereocenters. The Hall–Kier alpha value is -2.57. The zero-order valence-corrected chi connectivity index (χ0v) is 12.0. The van der Waals surface area contributed by atoms with Crippen molar-refractivity contribution in [3.63, 3.8) is 0 Å². The number of primary amides is 1. The first kappa shape index (κ1) is 16.8. The maximum atomic E-state index is 14.2. The van der Waals surface area contributed by atoms with Gasteiger partial charge >= 0.3 is 6.61 Å². The van der Waals surface area contributed by atoms with Gasteiger partial charge in [0.25, 0.3) is 0 Å². The van der Waals surface area contributed by atoms with Crippen molar-refractivity contribution >= 4 is 5.91 Å². The van der Waals surface area contributed by atoms with Crippen molar-refractivity contribution in [2.45, 2.75) is 19.0 Å². The van der Waals surface area contributed by atoms with E-state index < -0.39 is 29.6 Å². The number of ether oxygens (including phenoxy) is 1. The Morgan fingerprint density at radius 3 is 2.30 bits per heavy atom. The Bertz CT molecular complexity index is 736. The standard InChI is InChI=1S/C16H13F4NO2/c1-16(14(21)22,10-6-4-7-11(17)13(10)18)9-5-2-3-8-12(9)23-15(19)20/h2-8,15H,1H3,(H2,21,22). The van der Waals surface area contributed by atoms with Crippen molar-refractivity contribution < 1.29 is 27.1 Å². The molecule has 0 bridgehead atoms. The number of benzene rings is 2. The Labute approximate surface area is 129 Å². The fraction of sp³-hybridized carbons (Fsp3) is 0.188. The Morgan fingerprint density at radius 1 is 1.09 bits per heavy atom. The smallest absolute Gasteiger partial charge is 0.387 e. The molecule has 3 nitrogen and oxygen atoms in total. The lowest BCUT2D eigenvalue weighted by molar-refractivity contribution is -0.122. The van der Waals surface area contributed by atoms with Crippen LogP contribution in [0.25, 0.3) is 0 Å². The van der Waals surface area contributed by atoms with E-state index in [1.165, 1.54) is 43.3 Å². The van der Waals surface area contributed by atoms with Gasteiger partial charge in [-0.2, -0.15) is 8.78 Å². The lowest BCUT2D eigenvalue weighted by Crippen LogP contribution is -2.41. The molecular weight excluding hydrogens is 314 g/mol. The van der Waals surface area contributed by atoms with E-state index >= 15 is 0 Å². The summed E-state index contributed by atoms with van der Waals surface area (Å²) in [4.78, 5) is 12.0. The maximum absolute atomic E-state index is 14.2. The highest BCUT2D eigenvalue weighted by molar-refractivity contribution is 5.91. The molecule has 1 atom stereocenters. The molecule has 2 rings (SSSR count). The van der Waals surface area contributed by atoms with E-state index in [2.05, 4.69) is 4.74 Å². The Morgan fingerprint density at radius 2 is 1.70 bits per heavy atom. The first-order chi connectivity index (χ1) is 10.8. The van der Waals surface area contributed by atoms with Gasteiger partial charge in [0.2, 0.25) is 5.91 Å². The molecule has 0 spiro atoms. The molecule has 2 aromatic rings. The molecule has 2 N–H and O–H groups in total. The molecule has 0 heterocycles. The summed E-state index contributed by atoms with van der Waals surface area (Å²) >= 11 is 0. The summed E-state index contributed by atoms with van der Waals surface area (Å²) in [5.74, 6) is -3.83. The fourth-order valence-corrected chi connectivity index (χ4v) is 2.38. The van der Waals surface area contributed by atoms with Crippen LogP contribution >= 0.6 is 0 Å². The van der Waals surface area contributed by atoms with Crippen LogP contribution < -0.4 is 10.5 Å². The SMILES string of the molecule is CC(C(N)=O)(c1ccccc1OC(F)F)c1cccc(F)c1F. The Kier molecular flexibility index (Phi) is 4.58. The third kappa shape index (κ3) is 2.99. The monoisotopic (exact) mass is 327 g/mol. The second-order valence-electron chi connectivity index (χ2n) is 4.97. The van der Waals surface area contributed by atoms with E-state index in [0.29, 0.717) is 0 Å². The molecule has 0 fully saturated rings. The van der Waals surface area contributed by atoms with Crippen LogP contribution in [0.4, 0.5) is 17.6 Å². The number of alkyl halides is 2. The first-order valence-electron chi connectivity index (χ1n) is 6.57. The predicted octanol–water partition coefficient (Wildman–Crippen LogP) is 3.36. The molecule has 0 saturated heterocycles. The van der Waals surface area contributed by atoms with E-state index in [9.17, 15) is 22.4 Å². The van der Waals surface area contributed by atoms with Gasteiger partial charge in [-0.1, -0.05) is 30.3 Å². The number of para-hydroxylation sites is 1. The van der Waals surface area contributed by atoms with Gasteiger partial charge in [-0.15, -0.1) is 0 Å². The molecule has 0 aliphatic carbocycles. The van der Waals surface area contributed by atoms with Crippen molar-refractivity contribution in [1.82, 2.24) is 0 Å². The number of carbonyl (C=O) groups excluding carboxylic acids is 1. The average Bonchev–Trinajstić information content (AvgIpc) is 2.49. The molecule has 1 amide bonds. The fourth-order valence-electron chi connectivity index (χ4n) is 2.38. The number of rotatable bonds is 5. The van der Waals surface area contributed by atoms with Crippen molar-refractivity contribution in [2.24, 2.45) is 5.73 Å². The van der Waals surface area contributed by atoms with Crippen LogP contribution in [0.2, 0.25) is 0 Å². The number of amides is 1. The zero-order chi connectivity index (χ0) is 17.2. The minimum absolute atomic E-state index is 0.0858. The van der Waals surface area contributed by atoms with E-state index in [4.69, 9.17) is 5.73 Å². The van der Waals surface area contributed by atoms with Crippen molar-refractivity contribution in [2.75, 3.05) is 0 Å². The first-order valence-corrected chi connectivity index (χ1v) is 6.57. The molecule has 0 aliphatic rings. The third-order valence-corrected chi connectivity index (χ3v) is 3.62. The van der Waals surface area contributed by atoms with Gasteiger partial charge < -0.3 is 10.5 Å². The van der Waals surface area contributed by atoms with Gasteiger partial charge in [-0.25, -0.2) is 8.78 Å². The van der Waals surface area contributed by atoms with Crippen LogP contribution in [0, 0.1) is 11.6 Å². The predicted molar refractivity (Wildman–Crippen MR) is 75.1 cm³/mol. The summed E-state index contributed by atoms with van der Waals surface area (Å²) in [7, 11) is 0. The lowest BCUT2D eigenvalue weighted by Gasteiger charge is -2.29. The molecule has 0 aromatic heterocycles. The number of halogens is 4. The molecule has 0 saturated carbocycles. The largest absolute Gasteiger partial charge is 0.434 e. The molecule has 0 aliphatic heterocycles. The number of nitrogens with two attached hydrogens (primary N) is 1. The highest BCUT2D eigenvalue weighted by Gasteiger charge is 2.41. The zero-order valence-electron chi connectivity index (χ0n) is 12.0. The topological polar surface area (TPSA) is 52.3 Å². The van der Waals surface area contributed by atoms with E-state index in [1.54, 1.807) is 0 Å². The quantitative estimate of drug-likeness (QED) is 0.856. The van der Waals surface area contributed by atoms with Crippen LogP contribution in [0.15, 0.2) is 42.5 Å². The highest BCUT2D eigenvalue weighted by Crippen LogP contribution is 2.39. The maximum Gasteiger partial charge on any atom is 0.387 e. The van der Waals surface area contributed by atoms with Crippen molar-refractivity contribution in [1.29, 1.82) is 0 Å². The molecule has 122 valence electrons. The van der Waals surface area contributed by atoms with Gasteiger partial charge in [-0.05, 0) is 19.1 Å². The minimum atomic E-state index is -3.15. The number of hydrogen-bond donors (Lipinski definition) is 1. The normalized spacial score (nSPS) is 13.7. The lowest BCUT2D eigenvalue weighted by atomic mass is 9.75. The summed E-state index contributed by atoms with van der Waals surface area (Å²) < 4.78 is 57.2. The summed E-state index contributed by atoms with van der Waals surface area (Å²) in [5.41, 5.74) is 3.04. The van der Waals surface area contributed by atoms with Gasteiger partial charge in [0, 0.05) is 11.1 Å². The highest BCUT2D eigenvalue weighted by atomic mass is 19.3. The van der Waals surface area contributed by atoms with Crippen LogP contribution in [0.3, 0.4) is 0 Å². The summed E-state index contributed by atoms with van der Waals surface area (Å²) in [6.07, 6.45) is 0. The molecular formula is C16H13F4NO2. The van der Waals surface area contributed by atoms with E-state index in [0.717, 1.165) is 6.07 Å². The van der Waals surface area contributed by atoms with Gasteiger partial charge in [0.1, 0.15) is 11.2 Å². The van der Waals surface area contributed by atoms with Crippen LogP contribution in [-0.2, 0) is 10.2 Å². The second kappa shape index (κ2) is 6.28. The van der Waals surface area contributed by atoms with Gasteiger partial charge in [0.05, 0.1) is 0 Å². The van der Waals surface area contributed by atoms with E-state index in [-0.39, 0.29) is 16.9 Å². The molecule has 23 heavy (non-hydrogen) atoms. The minimum Gasteiger partial charge on any atom is -0.434 e. The summed E-state index contributed by atoms with van der Waals surface area (Å²) in [6, 6.07) is 8.60. The average molecular weight is 327 g/mol. The number of hydrogen-bond acceptors (Lipinski definition) is 2. The number of carbonyl (C=O) groups is 1. The van der Waals surface area contributed by atoms with E-state index in [1.807, 2.05) is 0 Å². The third-order valence-electron chi connectivity index (χ3n) is 3.62. The van der Waals surface area contributed by atoms with Gasteiger partial charge in [-0.3, -0.25) is 4.79 Å². The molecule has 0 radical (unpaired) electrons. The Balaban J connectivity index is 2.73. The summed E-state index contributed by atoms with van der Waals surface area (Å²) in [5, 5.41) is 0. The molecule has 7 heteroatoms. The van der Waals surface area contributed by atoms with Crippen LogP contribution in [-0.4, -0.2) is 12.5 Å². The van der Waals surface area contributed by atoms with Crippen LogP contribution in [0.1, 0.15) is 18.1 Å². The second-order valence-corrected chi connectivity index (χ2v) is 4.97. The van der Waals surface area contributed by atoms with Crippen molar-refractivity contribution in [3.8, 4) is 5.75 Å². The molecule has 2 aromatic carbocycles. The van der Waals surface area contributed by atoms with Crippen molar-refractivity contribution in [3.05, 3.63) is 65.2 Å². The van der Waals surface area contributed by atoms with Crippen LogP contribution in [0.5, 0.6) is 5.75 Å². The summed E-state index contributed by atoms with van der Waals surface area (Å²) in [6.45, 7) is -1.92.